The topological polar surface area (TPSA) is 42.6 Å². The highest BCUT2D eigenvalue weighted by Gasteiger charge is 2.38. The highest BCUT2D eigenvalue weighted by molar-refractivity contribution is 6.18. The van der Waals surface area contributed by atoms with Gasteiger partial charge in [-0.1, -0.05) is 56.3 Å². The summed E-state index contributed by atoms with van der Waals surface area (Å²) in [7, 11) is -0.370. The Hall–Kier alpha value is -2.72. The lowest BCUT2D eigenvalue weighted by molar-refractivity contribution is 0.451. The fourth-order valence-corrected chi connectivity index (χ4v) is 4.26. The van der Waals surface area contributed by atoms with Gasteiger partial charge in [0.25, 0.3) is 0 Å². The molecule has 1 heterocycles. The van der Waals surface area contributed by atoms with Crippen LogP contribution in [0.1, 0.15) is 25.0 Å². The molecule has 3 aromatic carbocycles. The number of fused-ring (bicyclic) bond motifs is 7. The summed E-state index contributed by atoms with van der Waals surface area (Å²) >= 11 is 0. The van der Waals surface area contributed by atoms with Crippen LogP contribution < -0.4 is 4.65 Å². The summed E-state index contributed by atoms with van der Waals surface area (Å²) < 4.78 is 11.7. The van der Waals surface area contributed by atoms with E-state index in [0.29, 0.717) is 11.3 Å². The van der Waals surface area contributed by atoms with Gasteiger partial charge in [0.05, 0.1) is 0 Å². The lowest BCUT2D eigenvalue weighted by atomic mass is 9.82. The van der Waals surface area contributed by atoms with Crippen LogP contribution >= 0.6 is 0 Å². The van der Waals surface area contributed by atoms with Gasteiger partial charge in [0.2, 0.25) is 0 Å². The van der Waals surface area contributed by atoms with Gasteiger partial charge >= 0.3 is 7.69 Å². The Morgan fingerprint density at radius 1 is 0.880 bits per heavy atom. The van der Waals surface area contributed by atoms with Crippen LogP contribution in [0.5, 0.6) is 5.75 Å². The minimum atomic E-state index is -0.370. The van der Waals surface area contributed by atoms with E-state index in [1.165, 1.54) is 22.3 Å². The van der Waals surface area contributed by atoms with Crippen molar-refractivity contribution in [2.24, 2.45) is 0 Å². The molecule has 3 nitrogen and oxygen atoms in total. The Morgan fingerprint density at radius 2 is 1.68 bits per heavy atom. The van der Waals surface area contributed by atoms with Gasteiger partial charge in [0.1, 0.15) is 11.3 Å². The van der Waals surface area contributed by atoms with Crippen molar-refractivity contribution < 1.29 is 14.1 Å². The molecular formula is C21H17BO3. The molecule has 5 rings (SSSR count). The highest BCUT2D eigenvalue weighted by Crippen LogP contribution is 2.52. The van der Waals surface area contributed by atoms with Gasteiger partial charge in [-0.05, 0) is 28.8 Å². The number of furan rings is 1. The number of hydrogen-bond acceptors (Lipinski definition) is 3. The minimum absolute atomic E-state index is 0.128. The molecule has 0 aliphatic heterocycles. The van der Waals surface area contributed by atoms with E-state index in [2.05, 4.69) is 50.2 Å². The summed E-state index contributed by atoms with van der Waals surface area (Å²) in [4.78, 5) is 0. The molecule has 0 saturated carbocycles. The summed E-state index contributed by atoms with van der Waals surface area (Å²) in [5.41, 5.74) is 6.52. The van der Waals surface area contributed by atoms with Crippen molar-refractivity contribution in [3.05, 3.63) is 65.7 Å². The van der Waals surface area contributed by atoms with Crippen molar-refractivity contribution in [2.75, 3.05) is 0 Å². The van der Waals surface area contributed by atoms with Gasteiger partial charge in [0, 0.05) is 21.8 Å². The second-order valence-corrected chi connectivity index (χ2v) is 7.04. The lowest BCUT2D eigenvalue weighted by Gasteiger charge is -2.21. The van der Waals surface area contributed by atoms with Crippen molar-refractivity contribution in [3.63, 3.8) is 0 Å². The molecule has 1 aromatic heterocycles. The Labute approximate surface area is 146 Å². The molecule has 0 atom stereocenters. The average molecular weight is 328 g/mol. The fourth-order valence-electron chi connectivity index (χ4n) is 4.26. The van der Waals surface area contributed by atoms with E-state index < -0.39 is 0 Å². The van der Waals surface area contributed by atoms with Crippen LogP contribution in [0.15, 0.2) is 59.0 Å². The molecule has 0 radical (unpaired) electrons. The van der Waals surface area contributed by atoms with Crippen molar-refractivity contribution in [2.45, 2.75) is 19.3 Å². The molecule has 0 unspecified atom stereocenters. The van der Waals surface area contributed by atoms with Crippen molar-refractivity contribution in [1.29, 1.82) is 0 Å². The molecule has 1 aliphatic rings. The summed E-state index contributed by atoms with van der Waals surface area (Å²) in [6, 6.07) is 18.7. The van der Waals surface area contributed by atoms with E-state index in [-0.39, 0.29) is 13.1 Å². The molecule has 4 heteroatoms. The largest absolute Gasteiger partial charge is 0.536 e. The molecule has 122 valence electrons. The van der Waals surface area contributed by atoms with Crippen LogP contribution in [-0.4, -0.2) is 12.7 Å². The zero-order valence-corrected chi connectivity index (χ0v) is 14.2. The van der Waals surface area contributed by atoms with Gasteiger partial charge in [-0.3, -0.25) is 0 Å². The zero-order valence-electron chi connectivity index (χ0n) is 14.2. The van der Waals surface area contributed by atoms with Crippen LogP contribution in [0.2, 0.25) is 0 Å². The molecule has 0 fully saturated rings. The van der Waals surface area contributed by atoms with E-state index in [1.54, 1.807) is 0 Å². The number of hydrogen-bond donors (Lipinski definition) is 1. The Kier molecular flexibility index (Phi) is 2.86. The highest BCUT2D eigenvalue weighted by atomic mass is 16.5. The molecule has 0 bridgehead atoms. The van der Waals surface area contributed by atoms with Gasteiger partial charge in [-0.25, -0.2) is 0 Å². The van der Waals surface area contributed by atoms with Crippen LogP contribution in [0.3, 0.4) is 0 Å². The summed E-state index contributed by atoms with van der Waals surface area (Å²) in [6.45, 7) is 4.49. The molecule has 4 aromatic rings. The monoisotopic (exact) mass is 328 g/mol. The summed E-state index contributed by atoms with van der Waals surface area (Å²) in [6.07, 6.45) is 0. The van der Waals surface area contributed by atoms with Gasteiger partial charge in [0.15, 0.2) is 5.58 Å². The maximum Gasteiger partial charge on any atom is 0.504 e. The molecule has 1 N–H and O–H groups in total. The van der Waals surface area contributed by atoms with Crippen LogP contribution in [0.25, 0.3) is 33.1 Å². The first-order valence-electron chi connectivity index (χ1n) is 8.45. The van der Waals surface area contributed by atoms with E-state index >= 15 is 0 Å². The first kappa shape index (κ1) is 14.6. The second kappa shape index (κ2) is 4.90. The van der Waals surface area contributed by atoms with E-state index in [4.69, 9.17) is 14.1 Å². The van der Waals surface area contributed by atoms with Crippen LogP contribution in [-0.2, 0) is 5.41 Å². The number of rotatable bonds is 2. The lowest BCUT2D eigenvalue weighted by Crippen LogP contribution is -2.15. The molecule has 1 aliphatic carbocycles. The third-order valence-electron chi connectivity index (χ3n) is 5.37. The quantitative estimate of drug-likeness (QED) is 0.550. The molecule has 0 saturated heterocycles. The van der Waals surface area contributed by atoms with Gasteiger partial charge in [-0.15, -0.1) is 0 Å². The van der Waals surface area contributed by atoms with E-state index in [1.807, 2.05) is 18.2 Å². The van der Waals surface area contributed by atoms with Gasteiger partial charge < -0.3 is 14.1 Å². The smallest absolute Gasteiger partial charge is 0.504 e. The second-order valence-electron chi connectivity index (χ2n) is 7.04. The van der Waals surface area contributed by atoms with Gasteiger partial charge in [-0.2, -0.15) is 0 Å². The number of para-hydroxylation sites is 1. The van der Waals surface area contributed by atoms with Crippen LogP contribution in [0, 0.1) is 0 Å². The normalized spacial score (nSPS) is 14.5. The average Bonchev–Trinajstić information content (AvgIpc) is 3.10. The first-order valence-corrected chi connectivity index (χ1v) is 8.45. The number of benzene rings is 3. The third kappa shape index (κ3) is 1.80. The molecule has 0 spiro atoms. The van der Waals surface area contributed by atoms with Crippen LogP contribution in [0.4, 0.5) is 0 Å². The standard InChI is InChI=1S/C21H17BO3/c1-21(2)16-8-4-3-6-12(16)13-10-11-15-14-7-5-9-17(25-22-23)19(14)24-20(15)18(13)21/h3-11,22-23H,1-2H3. The van der Waals surface area contributed by atoms with E-state index in [0.717, 1.165) is 16.4 Å². The zero-order chi connectivity index (χ0) is 17.2. The van der Waals surface area contributed by atoms with E-state index in [9.17, 15) is 0 Å². The molecular weight excluding hydrogens is 311 g/mol. The Morgan fingerprint density at radius 3 is 2.52 bits per heavy atom. The minimum Gasteiger partial charge on any atom is -0.536 e. The van der Waals surface area contributed by atoms with Crippen molar-refractivity contribution >= 4 is 29.6 Å². The van der Waals surface area contributed by atoms with Crippen molar-refractivity contribution in [1.82, 2.24) is 0 Å². The first-order chi connectivity index (χ1) is 12.1. The third-order valence-corrected chi connectivity index (χ3v) is 5.37. The SMILES string of the molecule is CC1(C)c2ccccc2-c2ccc3c(oc4c(OBO)cccc43)c21. The molecule has 0 amide bonds. The summed E-state index contributed by atoms with van der Waals surface area (Å²) in [5, 5.41) is 11.2. The predicted molar refractivity (Wildman–Crippen MR) is 101 cm³/mol. The fraction of sp³-hybridized carbons (Fsp3) is 0.143. The summed E-state index contributed by atoms with van der Waals surface area (Å²) in [5.74, 6) is 0.568. The maximum atomic E-state index is 9.15. The predicted octanol–water partition coefficient (Wildman–Crippen LogP) is 4.53. The molecule has 25 heavy (non-hydrogen) atoms. The Balaban J connectivity index is 1.91. The van der Waals surface area contributed by atoms with Crippen molar-refractivity contribution in [3.8, 4) is 16.9 Å². The Bertz CT molecular complexity index is 1140. The maximum absolute atomic E-state index is 9.15.